The molecule has 4 heteroatoms. The predicted octanol–water partition coefficient (Wildman–Crippen LogP) is 2.25. The Balaban J connectivity index is 3.80. The second kappa shape index (κ2) is 10.5. The molecule has 0 amide bonds. The van der Waals surface area contributed by atoms with Gasteiger partial charge in [0.15, 0.2) is 5.78 Å². The minimum Gasteiger partial charge on any atom is -0.481 e. The number of carboxylic acid groups (broad SMARTS) is 1. The van der Waals surface area contributed by atoms with Crippen molar-refractivity contribution in [3.8, 4) is 0 Å². The lowest BCUT2D eigenvalue weighted by atomic mass is 10.1. The van der Waals surface area contributed by atoms with Crippen LogP contribution in [0, 0.1) is 0 Å². The van der Waals surface area contributed by atoms with Gasteiger partial charge < -0.3 is 10.2 Å². The van der Waals surface area contributed by atoms with E-state index >= 15 is 0 Å². The van der Waals surface area contributed by atoms with E-state index in [0.717, 1.165) is 0 Å². The zero-order valence-electron chi connectivity index (χ0n) is 10.6. The highest BCUT2D eigenvalue weighted by atomic mass is 16.4. The second-order valence-corrected chi connectivity index (χ2v) is 3.82. The summed E-state index contributed by atoms with van der Waals surface area (Å²) in [5.41, 5.74) is 0. The zero-order chi connectivity index (χ0) is 13.8. The Labute approximate surface area is 107 Å². The van der Waals surface area contributed by atoms with E-state index in [1.807, 2.05) is 6.92 Å². The summed E-state index contributed by atoms with van der Waals surface area (Å²) in [5.74, 6) is -0.968. The average Bonchev–Trinajstić information content (AvgIpc) is 2.32. The first-order valence-corrected chi connectivity index (χ1v) is 6.00. The second-order valence-electron chi connectivity index (χ2n) is 3.82. The van der Waals surface area contributed by atoms with E-state index in [1.54, 1.807) is 30.4 Å². The number of aliphatic hydroxyl groups is 1. The van der Waals surface area contributed by atoms with Crippen molar-refractivity contribution in [2.45, 2.75) is 38.7 Å². The van der Waals surface area contributed by atoms with E-state index in [0.29, 0.717) is 12.8 Å². The van der Waals surface area contributed by atoms with Crippen LogP contribution in [0.25, 0.3) is 0 Å². The first kappa shape index (κ1) is 16.3. The monoisotopic (exact) mass is 252 g/mol. The average molecular weight is 252 g/mol. The van der Waals surface area contributed by atoms with Crippen molar-refractivity contribution in [1.82, 2.24) is 0 Å². The normalized spacial score (nSPS) is 13.7. The van der Waals surface area contributed by atoms with Gasteiger partial charge >= 0.3 is 5.97 Å². The highest BCUT2D eigenvalue weighted by Crippen LogP contribution is 1.98. The molecule has 0 saturated heterocycles. The highest BCUT2D eigenvalue weighted by Gasteiger charge is 1.99. The lowest BCUT2D eigenvalue weighted by molar-refractivity contribution is -0.137. The summed E-state index contributed by atoms with van der Waals surface area (Å²) in [6.07, 6.45) is 10.7. The molecular formula is C14H20O4. The SMILES string of the molecule is CCC(O)C=CC=CC=CC(=O)CCCC(=O)O. The number of hydrogen-bond donors (Lipinski definition) is 2. The van der Waals surface area contributed by atoms with Crippen molar-refractivity contribution in [3.63, 3.8) is 0 Å². The molecule has 0 aliphatic heterocycles. The van der Waals surface area contributed by atoms with Crippen molar-refractivity contribution in [3.05, 3.63) is 36.5 Å². The van der Waals surface area contributed by atoms with Crippen LogP contribution in [-0.2, 0) is 9.59 Å². The van der Waals surface area contributed by atoms with E-state index in [4.69, 9.17) is 5.11 Å². The lowest BCUT2D eigenvalue weighted by Crippen LogP contribution is -1.98. The number of hydrogen-bond acceptors (Lipinski definition) is 3. The Morgan fingerprint density at radius 1 is 1.11 bits per heavy atom. The van der Waals surface area contributed by atoms with Crippen molar-refractivity contribution < 1.29 is 19.8 Å². The molecule has 4 nitrogen and oxygen atoms in total. The molecule has 100 valence electrons. The summed E-state index contributed by atoms with van der Waals surface area (Å²) in [5, 5.41) is 17.6. The van der Waals surface area contributed by atoms with Gasteiger partial charge in [-0.3, -0.25) is 9.59 Å². The molecule has 0 spiro atoms. The molecule has 18 heavy (non-hydrogen) atoms. The molecule has 1 atom stereocenters. The third-order valence-corrected chi connectivity index (χ3v) is 2.18. The van der Waals surface area contributed by atoms with Crippen molar-refractivity contribution in [1.29, 1.82) is 0 Å². The zero-order valence-corrected chi connectivity index (χ0v) is 10.6. The van der Waals surface area contributed by atoms with Gasteiger partial charge in [0.1, 0.15) is 0 Å². The molecule has 0 bridgehead atoms. The summed E-state index contributed by atoms with van der Waals surface area (Å²) in [6, 6.07) is 0. The molecule has 0 aromatic carbocycles. The maximum atomic E-state index is 11.2. The van der Waals surface area contributed by atoms with Crippen LogP contribution < -0.4 is 0 Å². The van der Waals surface area contributed by atoms with Crippen LogP contribution in [-0.4, -0.2) is 28.1 Å². The minimum atomic E-state index is -0.883. The van der Waals surface area contributed by atoms with Crippen LogP contribution in [0.15, 0.2) is 36.5 Å². The summed E-state index contributed by atoms with van der Waals surface area (Å²) < 4.78 is 0. The molecule has 0 aliphatic rings. The summed E-state index contributed by atoms with van der Waals surface area (Å²) >= 11 is 0. The topological polar surface area (TPSA) is 74.6 Å². The molecule has 0 aromatic rings. The largest absolute Gasteiger partial charge is 0.481 e. The Morgan fingerprint density at radius 3 is 2.39 bits per heavy atom. The number of carbonyl (C=O) groups excluding carboxylic acids is 1. The predicted molar refractivity (Wildman–Crippen MR) is 70.2 cm³/mol. The molecular weight excluding hydrogens is 232 g/mol. The minimum absolute atomic E-state index is 0.0209. The van der Waals surface area contributed by atoms with E-state index < -0.39 is 12.1 Å². The Hall–Kier alpha value is -1.68. The van der Waals surface area contributed by atoms with Crippen LogP contribution in [0.4, 0.5) is 0 Å². The van der Waals surface area contributed by atoms with Crippen LogP contribution in [0.2, 0.25) is 0 Å². The van der Waals surface area contributed by atoms with E-state index in [9.17, 15) is 14.7 Å². The quantitative estimate of drug-likeness (QED) is 0.487. The van der Waals surface area contributed by atoms with Gasteiger partial charge in [-0.05, 0) is 18.9 Å². The summed E-state index contributed by atoms with van der Waals surface area (Å²) in [4.78, 5) is 21.5. The Bertz CT molecular complexity index is 340. The van der Waals surface area contributed by atoms with Gasteiger partial charge in [-0.15, -0.1) is 0 Å². The third-order valence-electron chi connectivity index (χ3n) is 2.18. The maximum Gasteiger partial charge on any atom is 0.303 e. The Kier molecular flexibility index (Phi) is 9.50. The summed E-state index contributed by atoms with van der Waals surface area (Å²) in [6.45, 7) is 1.88. The summed E-state index contributed by atoms with van der Waals surface area (Å²) in [7, 11) is 0. The van der Waals surface area contributed by atoms with Gasteiger partial charge in [0.2, 0.25) is 0 Å². The maximum absolute atomic E-state index is 11.2. The van der Waals surface area contributed by atoms with Gasteiger partial charge in [-0.1, -0.05) is 37.3 Å². The number of rotatable bonds is 9. The van der Waals surface area contributed by atoms with E-state index in [-0.39, 0.29) is 18.6 Å². The standard InChI is InChI=1S/C14H20O4/c1-2-12(15)8-5-3-4-6-9-13(16)10-7-11-14(17)18/h3-6,8-9,12,15H,2,7,10-11H2,1H3,(H,17,18). The van der Waals surface area contributed by atoms with Crippen LogP contribution >= 0.6 is 0 Å². The molecule has 0 saturated carbocycles. The van der Waals surface area contributed by atoms with Gasteiger partial charge in [0, 0.05) is 12.8 Å². The van der Waals surface area contributed by atoms with Crippen molar-refractivity contribution in [2.24, 2.45) is 0 Å². The molecule has 1 unspecified atom stereocenters. The van der Waals surface area contributed by atoms with Gasteiger partial charge in [-0.2, -0.15) is 0 Å². The first-order valence-electron chi connectivity index (χ1n) is 6.00. The molecule has 0 aliphatic carbocycles. The third kappa shape index (κ3) is 10.8. The van der Waals surface area contributed by atoms with E-state index in [1.165, 1.54) is 6.08 Å². The number of aliphatic hydroxyl groups excluding tert-OH is 1. The van der Waals surface area contributed by atoms with Gasteiger partial charge in [0.25, 0.3) is 0 Å². The smallest absolute Gasteiger partial charge is 0.303 e. The van der Waals surface area contributed by atoms with Crippen LogP contribution in [0.1, 0.15) is 32.6 Å². The molecule has 0 radical (unpaired) electrons. The molecule has 0 fully saturated rings. The number of ketones is 1. The highest BCUT2D eigenvalue weighted by molar-refractivity contribution is 5.90. The van der Waals surface area contributed by atoms with Crippen molar-refractivity contribution >= 4 is 11.8 Å². The number of allylic oxidation sites excluding steroid dienone is 5. The fourth-order valence-corrected chi connectivity index (χ4v) is 1.12. The fraction of sp³-hybridized carbons (Fsp3) is 0.429. The lowest BCUT2D eigenvalue weighted by Gasteiger charge is -1.95. The van der Waals surface area contributed by atoms with Crippen LogP contribution in [0.5, 0.6) is 0 Å². The molecule has 0 aromatic heterocycles. The number of carbonyl (C=O) groups is 2. The fourth-order valence-electron chi connectivity index (χ4n) is 1.12. The van der Waals surface area contributed by atoms with Crippen molar-refractivity contribution in [2.75, 3.05) is 0 Å². The molecule has 0 heterocycles. The number of aliphatic carboxylic acids is 1. The van der Waals surface area contributed by atoms with E-state index in [2.05, 4.69) is 0 Å². The van der Waals surface area contributed by atoms with Gasteiger partial charge in [-0.25, -0.2) is 0 Å². The Morgan fingerprint density at radius 2 is 1.78 bits per heavy atom. The number of carboxylic acids is 1. The van der Waals surface area contributed by atoms with Crippen LogP contribution in [0.3, 0.4) is 0 Å². The molecule has 2 N–H and O–H groups in total. The van der Waals surface area contributed by atoms with Gasteiger partial charge in [0.05, 0.1) is 6.10 Å². The molecule has 0 rings (SSSR count). The first-order chi connectivity index (χ1) is 8.56.